The fourth-order valence-corrected chi connectivity index (χ4v) is 2.87. The van der Waals surface area contributed by atoms with Crippen molar-refractivity contribution in [2.24, 2.45) is 7.05 Å². The normalized spacial score (nSPS) is 12.0. The summed E-state index contributed by atoms with van der Waals surface area (Å²) in [5.74, 6) is -0.466. The number of aryl methyl sites for hydroxylation is 1. The molecule has 6 heteroatoms. The number of halogens is 1. The van der Waals surface area contributed by atoms with Gasteiger partial charge in [0.05, 0.1) is 11.7 Å². The predicted molar refractivity (Wildman–Crippen MR) is 92.4 cm³/mol. The smallest absolute Gasteiger partial charge is 0.272 e. The highest BCUT2D eigenvalue weighted by molar-refractivity contribution is 5.93. The van der Waals surface area contributed by atoms with Gasteiger partial charge in [-0.25, -0.2) is 4.39 Å². The second-order valence-corrected chi connectivity index (χ2v) is 5.64. The number of carbonyl (C=O) groups excluding carboxylic acids is 1. The van der Waals surface area contributed by atoms with Crippen LogP contribution in [-0.4, -0.2) is 32.1 Å². The van der Waals surface area contributed by atoms with Crippen LogP contribution in [0, 0.1) is 5.82 Å². The fraction of sp³-hybridized carbons (Fsp3) is 0.211. The van der Waals surface area contributed by atoms with E-state index in [0.29, 0.717) is 12.2 Å². The Labute approximate surface area is 145 Å². The summed E-state index contributed by atoms with van der Waals surface area (Å²) >= 11 is 0. The molecule has 0 spiro atoms. The van der Waals surface area contributed by atoms with Crippen LogP contribution in [0.25, 0.3) is 0 Å². The number of carbonyl (C=O) groups is 1. The van der Waals surface area contributed by atoms with E-state index in [4.69, 9.17) is 0 Å². The van der Waals surface area contributed by atoms with E-state index in [1.807, 2.05) is 25.1 Å². The van der Waals surface area contributed by atoms with Crippen molar-refractivity contribution >= 4 is 5.91 Å². The van der Waals surface area contributed by atoms with E-state index in [1.165, 1.54) is 12.1 Å². The van der Waals surface area contributed by atoms with Gasteiger partial charge in [-0.2, -0.15) is 5.10 Å². The minimum atomic E-state index is -0.408. The van der Waals surface area contributed by atoms with Gasteiger partial charge in [0.1, 0.15) is 11.5 Å². The van der Waals surface area contributed by atoms with Crippen molar-refractivity contribution in [2.75, 3.05) is 6.54 Å². The van der Waals surface area contributed by atoms with Gasteiger partial charge in [0.2, 0.25) is 0 Å². The summed E-state index contributed by atoms with van der Waals surface area (Å²) in [7, 11) is 1.73. The molecule has 0 radical (unpaired) electrons. The quantitative estimate of drug-likeness (QED) is 0.718. The van der Waals surface area contributed by atoms with Crippen LogP contribution in [0.2, 0.25) is 0 Å². The van der Waals surface area contributed by atoms with Gasteiger partial charge in [0, 0.05) is 26.0 Å². The maximum absolute atomic E-state index is 13.4. The zero-order valence-electron chi connectivity index (χ0n) is 14.1. The second kappa shape index (κ2) is 7.25. The standard InChI is InChI=1S/C19H19FN4O/c1-3-24(19(25)17-11-13-22-23(17)2)18(16-6-4-5-12-21-16)14-7-9-15(20)10-8-14/h4-13,18H,3H2,1-2H3/t18-/m0/s1. The molecule has 1 aromatic carbocycles. The van der Waals surface area contributed by atoms with Gasteiger partial charge in [0.15, 0.2) is 0 Å². The van der Waals surface area contributed by atoms with E-state index >= 15 is 0 Å². The maximum Gasteiger partial charge on any atom is 0.272 e. The minimum absolute atomic E-state index is 0.150. The highest BCUT2D eigenvalue weighted by Gasteiger charge is 2.28. The Kier molecular flexibility index (Phi) is 4.88. The molecular formula is C19H19FN4O. The average Bonchev–Trinajstić information content (AvgIpc) is 3.07. The van der Waals surface area contributed by atoms with E-state index in [-0.39, 0.29) is 11.7 Å². The van der Waals surface area contributed by atoms with Gasteiger partial charge >= 0.3 is 0 Å². The largest absolute Gasteiger partial charge is 0.325 e. The molecular weight excluding hydrogens is 319 g/mol. The van der Waals surface area contributed by atoms with Gasteiger partial charge in [-0.05, 0) is 42.8 Å². The number of hydrogen-bond acceptors (Lipinski definition) is 3. The maximum atomic E-state index is 13.4. The second-order valence-electron chi connectivity index (χ2n) is 5.64. The molecule has 1 amide bonds. The van der Waals surface area contributed by atoms with Gasteiger partial charge in [-0.3, -0.25) is 14.5 Å². The van der Waals surface area contributed by atoms with E-state index < -0.39 is 6.04 Å². The van der Waals surface area contributed by atoms with Crippen LogP contribution in [0.15, 0.2) is 60.9 Å². The van der Waals surface area contributed by atoms with Gasteiger partial charge in [-0.15, -0.1) is 0 Å². The Morgan fingerprint density at radius 1 is 1.16 bits per heavy atom. The van der Waals surface area contributed by atoms with E-state index in [1.54, 1.807) is 47.2 Å². The Morgan fingerprint density at radius 3 is 2.48 bits per heavy atom. The molecule has 0 bridgehead atoms. The highest BCUT2D eigenvalue weighted by Crippen LogP contribution is 2.28. The van der Waals surface area contributed by atoms with Crippen molar-refractivity contribution in [3.05, 3.63) is 83.7 Å². The van der Waals surface area contributed by atoms with Gasteiger partial charge in [-0.1, -0.05) is 18.2 Å². The van der Waals surface area contributed by atoms with Crippen molar-refractivity contribution in [1.82, 2.24) is 19.7 Å². The van der Waals surface area contributed by atoms with E-state index in [2.05, 4.69) is 10.1 Å². The van der Waals surface area contributed by atoms with Crippen LogP contribution >= 0.6 is 0 Å². The molecule has 25 heavy (non-hydrogen) atoms. The zero-order chi connectivity index (χ0) is 17.8. The van der Waals surface area contributed by atoms with E-state index in [9.17, 15) is 9.18 Å². The van der Waals surface area contributed by atoms with Crippen LogP contribution in [0.3, 0.4) is 0 Å². The lowest BCUT2D eigenvalue weighted by molar-refractivity contribution is 0.0703. The molecule has 3 rings (SSSR count). The summed E-state index contributed by atoms with van der Waals surface area (Å²) in [4.78, 5) is 19.2. The van der Waals surface area contributed by atoms with Gasteiger partial charge < -0.3 is 4.90 Å². The Morgan fingerprint density at radius 2 is 1.92 bits per heavy atom. The summed E-state index contributed by atoms with van der Waals surface area (Å²) in [6.45, 7) is 2.39. The molecule has 0 saturated heterocycles. The Hall–Kier alpha value is -3.02. The molecule has 128 valence electrons. The zero-order valence-corrected chi connectivity index (χ0v) is 14.1. The van der Waals surface area contributed by atoms with Crippen LogP contribution < -0.4 is 0 Å². The molecule has 0 saturated carbocycles. The first kappa shape index (κ1) is 16.8. The molecule has 2 aromatic heterocycles. The minimum Gasteiger partial charge on any atom is -0.325 e. The summed E-state index contributed by atoms with van der Waals surface area (Å²) in [5.41, 5.74) is 2.02. The third-order valence-corrected chi connectivity index (χ3v) is 4.11. The lowest BCUT2D eigenvalue weighted by Crippen LogP contribution is -2.37. The van der Waals surface area contributed by atoms with Crippen LogP contribution in [0.1, 0.15) is 34.7 Å². The molecule has 0 N–H and O–H groups in total. The van der Waals surface area contributed by atoms with Crippen molar-refractivity contribution < 1.29 is 9.18 Å². The number of rotatable bonds is 5. The number of pyridine rings is 1. The van der Waals surface area contributed by atoms with Crippen molar-refractivity contribution in [2.45, 2.75) is 13.0 Å². The van der Waals surface area contributed by atoms with Crippen molar-refractivity contribution in [3.63, 3.8) is 0 Å². The molecule has 5 nitrogen and oxygen atoms in total. The van der Waals surface area contributed by atoms with Gasteiger partial charge in [0.25, 0.3) is 5.91 Å². The van der Waals surface area contributed by atoms with Crippen LogP contribution in [-0.2, 0) is 7.05 Å². The average molecular weight is 338 g/mol. The first-order chi connectivity index (χ1) is 12.1. The first-order valence-electron chi connectivity index (χ1n) is 8.07. The van der Waals surface area contributed by atoms with Crippen LogP contribution in [0.4, 0.5) is 4.39 Å². The first-order valence-corrected chi connectivity index (χ1v) is 8.07. The van der Waals surface area contributed by atoms with Crippen molar-refractivity contribution in [1.29, 1.82) is 0 Å². The third kappa shape index (κ3) is 3.42. The molecule has 0 aliphatic rings. The third-order valence-electron chi connectivity index (χ3n) is 4.11. The summed E-state index contributed by atoms with van der Waals surface area (Å²) in [6, 6.07) is 13.0. The Balaban J connectivity index is 2.07. The number of benzene rings is 1. The summed E-state index contributed by atoms with van der Waals surface area (Å²) in [6.07, 6.45) is 3.28. The SMILES string of the molecule is CCN(C(=O)c1ccnn1C)[C@@H](c1ccc(F)cc1)c1ccccn1. The van der Waals surface area contributed by atoms with E-state index in [0.717, 1.165) is 11.3 Å². The highest BCUT2D eigenvalue weighted by atomic mass is 19.1. The molecule has 0 aliphatic carbocycles. The number of hydrogen-bond donors (Lipinski definition) is 0. The Bertz CT molecular complexity index is 845. The topological polar surface area (TPSA) is 51.0 Å². The number of aromatic nitrogens is 3. The molecule has 0 aliphatic heterocycles. The lowest BCUT2D eigenvalue weighted by Gasteiger charge is -2.31. The number of amides is 1. The van der Waals surface area contributed by atoms with Crippen LogP contribution in [0.5, 0.6) is 0 Å². The van der Waals surface area contributed by atoms with Crippen molar-refractivity contribution in [3.8, 4) is 0 Å². The summed E-state index contributed by atoms with van der Waals surface area (Å²) < 4.78 is 14.9. The summed E-state index contributed by atoms with van der Waals surface area (Å²) in [5, 5.41) is 4.07. The fourth-order valence-electron chi connectivity index (χ4n) is 2.87. The molecule has 0 fully saturated rings. The molecule has 3 aromatic rings. The monoisotopic (exact) mass is 338 g/mol. The number of nitrogens with zero attached hydrogens (tertiary/aromatic N) is 4. The lowest BCUT2D eigenvalue weighted by atomic mass is 10.0. The molecule has 1 atom stereocenters. The molecule has 0 unspecified atom stereocenters. The predicted octanol–water partition coefficient (Wildman–Crippen LogP) is 3.21. The molecule has 2 heterocycles.